The number of aryl methyl sites for hydroxylation is 1. The second kappa shape index (κ2) is 7.37. The molecule has 0 N–H and O–H groups in total. The summed E-state index contributed by atoms with van der Waals surface area (Å²) in [6.07, 6.45) is 1.74. The molecule has 7 heteroatoms. The third kappa shape index (κ3) is 3.99. The third-order valence-electron chi connectivity index (χ3n) is 4.27. The zero-order chi connectivity index (χ0) is 18.7. The highest BCUT2D eigenvalue weighted by atomic mass is 32.2. The van der Waals surface area contributed by atoms with E-state index in [-0.39, 0.29) is 12.5 Å². The van der Waals surface area contributed by atoms with Crippen molar-refractivity contribution >= 4 is 27.3 Å². The Balaban J connectivity index is 1.82. The van der Waals surface area contributed by atoms with Gasteiger partial charge < -0.3 is 9.64 Å². The van der Waals surface area contributed by atoms with Crippen molar-refractivity contribution in [2.45, 2.75) is 13.3 Å². The normalized spacial score (nSPS) is 14.5. The summed E-state index contributed by atoms with van der Waals surface area (Å²) in [5.41, 5.74) is 2.23. The van der Waals surface area contributed by atoms with E-state index in [4.69, 9.17) is 4.74 Å². The van der Waals surface area contributed by atoms with Gasteiger partial charge in [0.2, 0.25) is 10.0 Å². The van der Waals surface area contributed by atoms with Crippen LogP contribution in [0.15, 0.2) is 48.5 Å². The maximum Gasteiger partial charge on any atom is 0.264 e. The summed E-state index contributed by atoms with van der Waals surface area (Å²) in [4.78, 5) is 14.3. The summed E-state index contributed by atoms with van der Waals surface area (Å²) in [5.74, 6) is 0.429. The highest BCUT2D eigenvalue weighted by Gasteiger charge is 2.28. The van der Waals surface area contributed by atoms with Crippen molar-refractivity contribution in [3.05, 3.63) is 54.1 Å². The lowest BCUT2D eigenvalue weighted by Crippen LogP contribution is -2.35. The molecule has 1 amide bonds. The molecule has 0 saturated carbocycles. The van der Waals surface area contributed by atoms with Crippen molar-refractivity contribution in [2.24, 2.45) is 0 Å². The minimum Gasteiger partial charge on any atom is -0.484 e. The van der Waals surface area contributed by atoms with Crippen molar-refractivity contribution in [1.29, 1.82) is 0 Å². The first kappa shape index (κ1) is 18.3. The lowest BCUT2D eigenvalue weighted by Gasteiger charge is -2.25. The number of ether oxygens (including phenoxy) is 1. The summed E-state index contributed by atoms with van der Waals surface area (Å²) >= 11 is 0. The Labute approximate surface area is 154 Å². The van der Waals surface area contributed by atoms with Crippen molar-refractivity contribution in [3.63, 3.8) is 0 Å². The molecule has 6 nitrogen and oxygen atoms in total. The van der Waals surface area contributed by atoms with Crippen LogP contribution in [-0.4, -0.2) is 40.3 Å². The monoisotopic (exact) mass is 374 g/mol. The summed E-state index contributed by atoms with van der Waals surface area (Å²) in [5, 5.41) is 0. The van der Waals surface area contributed by atoms with Crippen LogP contribution in [-0.2, 0) is 14.8 Å². The molecule has 3 rings (SSSR count). The first-order valence-electron chi connectivity index (χ1n) is 8.43. The van der Waals surface area contributed by atoms with Crippen molar-refractivity contribution < 1.29 is 17.9 Å². The van der Waals surface area contributed by atoms with Gasteiger partial charge in [0.05, 0.1) is 17.6 Å². The van der Waals surface area contributed by atoms with Crippen LogP contribution in [0.3, 0.4) is 0 Å². The average Bonchev–Trinajstić information content (AvgIpc) is 2.80. The number of hydrogen-bond donors (Lipinski definition) is 0. The minimum atomic E-state index is -3.41. The number of carbonyl (C=O) groups is 1. The Morgan fingerprint density at radius 3 is 2.35 bits per heavy atom. The molecule has 26 heavy (non-hydrogen) atoms. The maximum atomic E-state index is 12.7. The number of sulfonamides is 1. The molecule has 0 radical (unpaired) electrons. The van der Waals surface area contributed by atoms with Crippen molar-refractivity contribution in [1.82, 2.24) is 0 Å². The molecule has 0 saturated heterocycles. The minimum absolute atomic E-state index is 0.101. The Morgan fingerprint density at radius 2 is 1.69 bits per heavy atom. The van der Waals surface area contributed by atoms with Gasteiger partial charge in [-0.25, -0.2) is 8.42 Å². The zero-order valence-electron chi connectivity index (χ0n) is 14.9. The molecule has 1 heterocycles. The molecule has 0 unspecified atom stereocenters. The summed E-state index contributed by atoms with van der Waals surface area (Å²) < 4.78 is 31.2. The molecule has 0 bridgehead atoms. The molecule has 1 aliphatic rings. The van der Waals surface area contributed by atoms with Crippen LogP contribution in [0.2, 0.25) is 0 Å². The number of para-hydroxylation sites is 2. The molecule has 2 aromatic carbocycles. The van der Waals surface area contributed by atoms with Crippen molar-refractivity contribution in [3.8, 4) is 5.75 Å². The number of hydrogen-bond acceptors (Lipinski definition) is 4. The van der Waals surface area contributed by atoms with E-state index in [1.807, 2.05) is 31.2 Å². The van der Waals surface area contributed by atoms with E-state index in [2.05, 4.69) is 0 Å². The molecular weight excluding hydrogens is 352 g/mol. The first-order chi connectivity index (χ1) is 12.4. The van der Waals surface area contributed by atoms with Crippen LogP contribution < -0.4 is 13.9 Å². The zero-order valence-corrected chi connectivity index (χ0v) is 15.7. The van der Waals surface area contributed by atoms with Gasteiger partial charge in [-0.15, -0.1) is 0 Å². The number of nitrogens with zero attached hydrogens (tertiary/aromatic N) is 2. The van der Waals surface area contributed by atoms with Gasteiger partial charge in [0.1, 0.15) is 5.75 Å². The fourth-order valence-corrected chi connectivity index (χ4v) is 3.95. The molecule has 0 atom stereocenters. The summed E-state index contributed by atoms with van der Waals surface area (Å²) in [7, 11) is -3.41. The molecule has 138 valence electrons. The quantitative estimate of drug-likeness (QED) is 0.825. The van der Waals surface area contributed by atoms with Crippen LogP contribution in [0.5, 0.6) is 5.75 Å². The largest absolute Gasteiger partial charge is 0.484 e. The molecule has 2 aromatic rings. The van der Waals surface area contributed by atoms with Gasteiger partial charge in [-0.05, 0) is 37.6 Å². The number of carbonyl (C=O) groups excluding carboxylic acids is 1. The van der Waals surface area contributed by atoms with Gasteiger partial charge in [-0.2, -0.15) is 0 Å². The molecule has 1 aliphatic heterocycles. The molecule has 0 spiro atoms. The van der Waals surface area contributed by atoms with E-state index in [9.17, 15) is 13.2 Å². The highest BCUT2D eigenvalue weighted by molar-refractivity contribution is 7.92. The summed E-state index contributed by atoms with van der Waals surface area (Å²) in [6.45, 7) is 2.67. The first-order valence-corrected chi connectivity index (χ1v) is 10.3. The highest BCUT2D eigenvalue weighted by Crippen LogP contribution is 2.33. The van der Waals surface area contributed by atoms with Gasteiger partial charge >= 0.3 is 0 Å². The van der Waals surface area contributed by atoms with E-state index in [1.54, 1.807) is 29.2 Å². The second-order valence-electron chi connectivity index (χ2n) is 6.32. The lowest BCUT2D eigenvalue weighted by molar-refractivity contribution is -0.120. The van der Waals surface area contributed by atoms with Gasteiger partial charge in [0, 0.05) is 13.1 Å². The number of fused-ring (bicyclic) bond motifs is 1. The van der Waals surface area contributed by atoms with E-state index in [0.29, 0.717) is 36.6 Å². The third-order valence-corrected chi connectivity index (χ3v) is 5.45. The fourth-order valence-electron chi connectivity index (χ4n) is 2.98. The Kier molecular flexibility index (Phi) is 5.18. The van der Waals surface area contributed by atoms with Crippen molar-refractivity contribution in [2.75, 3.05) is 35.2 Å². The molecular formula is C19H22N2O4S. The van der Waals surface area contributed by atoms with E-state index >= 15 is 0 Å². The molecule has 0 fully saturated rings. The number of anilines is 2. The van der Waals surface area contributed by atoms with Crippen LogP contribution >= 0.6 is 0 Å². The van der Waals surface area contributed by atoms with E-state index < -0.39 is 10.0 Å². The average molecular weight is 374 g/mol. The SMILES string of the molecule is Cc1ccc(OCC(=O)N2CCCN(S(C)(=O)=O)c3ccccc32)cc1. The fraction of sp³-hybridized carbons (Fsp3) is 0.316. The van der Waals surface area contributed by atoms with Crippen LogP contribution in [0.25, 0.3) is 0 Å². The lowest BCUT2D eigenvalue weighted by atomic mass is 10.2. The van der Waals surface area contributed by atoms with Gasteiger partial charge in [-0.3, -0.25) is 9.10 Å². The van der Waals surface area contributed by atoms with Crippen LogP contribution in [0, 0.1) is 6.92 Å². The van der Waals surface area contributed by atoms with Crippen LogP contribution in [0.4, 0.5) is 11.4 Å². The van der Waals surface area contributed by atoms with E-state index in [0.717, 1.165) is 5.56 Å². The predicted molar refractivity (Wildman–Crippen MR) is 102 cm³/mol. The Hall–Kier alpha value is -2.54. The maximum absolute atomic E-state index is 12.7. The van der Waals surface area contributed by atoms with E-state index in [1.165, 1.54) is 10.6 Å². The Morgan fingerprint density at radius 1 is 1.04 bits per heavy atom. The van der Waals surface area contributed by atoms with Gasteiger partial charge in [0.25, 0.3) is 5.91 Å². The second-order valence-corrected chi connectivity index (χ2v) is 8.23. The predicted octanol–water partition coefficient (Wildman–Crippen LogP) is 2.58. The standard InChI is InChI=1S/C19H22N2O4S/c1-15-8-10-16(11-9-15)25-14-19(22)20-12-5-13-21(26(2,23)24)18-7-4-3-6-17(18)20/h3-4,6-11H,5,12-14H2,1-2H3. The number of rotatable bonds is 4. The summed E-state index contributed by atoms with van der Waals surface area (Å²) in [6, 6.07) is 14.6. The molecule has 0 aliphatic carbocycles. The smallest absolute Gasteiger partial charge is 0.264 e. The van der Waals surface area contributed by atoms with Crippen LogP contribution in [0.1, 0.15) is 12.0 Å². The molecule has 0 aromatic heterocycles. The van der Waals surface area contributed by atoms with Gasteiger partial charge in [-0.1, -0.05) is 29.8 Å². The number of amides is 1. The number of benzene rings is 2. The topological polar surface area (TPSA) is 66.9 Å². The van der Waals surface area contributed by atoms with Gasteiger partial charge in [0.15, 0.2) is 6.61 Å². The Bertz CT molecular complexity index is 894.